The number of aromatic nitrogens is 1. The Labute approximate surface area is 131 Å². The number of hydrogen-bond donors (Lipinski definition) is 1. The summed E-state index contributed by atoms with van der Waals surface area (Å²) in [5.74, 6) is -1.12. The van der Waals surface area contributed by atoms with Gasteiger partial charge in [-0.1, -0.05) is 12.1 Å². The highest BCUT2D eigenvalue weighted by atomic mass is 19.1. The first kappa shape index (κ1) is 14.8. The third-order valence-electron chi connectivity index (χ3n) is 3.28. The van der Waals surface area contributed by atoms with Gasteiger partial charge in [0.25, 0.3) is 5.91 Å². The lowest BCUT2D eigenvalue weighted by atomic mass is 10.1. The van der Waals surface area contributed by atoms with E-state index in [2.05, 4.69) is 10.3 Å². The van der Waals surface area contributed by atoms with Crippen LogP contribution in [0.1, 0.15) is 10.4 Å². The molecule has 3 rings (SSSR count). The lowest BCUT2D eigenvalue weighted by Crippen LogP contribution is -2.11. The molecule has 0 spiro atoms. The molecule has 0 aliphatic rings. The van der Waals surface area contributed by atoms with Crippen molar-refractivity contribution in [3.8, 4) is 11.3 Å². The molecular weight excluding hydrogens is 298 g/mol. The van der Waals surface area contributed by atoms with Gasteiger partial charge in [-0.25, -0.2) is 8.78 Å². The maximum absolute atomic E-state index is 13.7. The molecule has 23 heavy (non-hydrogen) atoms. The number of carbonyl (C=O) groups excluding carboxylic acids is 1. The van der Waals surface area contributed by atoms with Crippen LogP contribution >= 0.6 is 0 Å². The van der Waals surface area contributed by atoms with Gasteiger partial charge in [0.15, 0.2) is 0 Å². The molecule has 1 N–H and O–H groups in total. The van der Waals surface area contributed by atoms with Crippen molar-refractivity contribution in [2.24, 2.45) is 0 Å². The molecule has 5 heteroatoms. The largest absolute Gasteiger partial charge is 0.322 e. The molecule has 0 atom stereocenters. The van der Waals surface area contributed by atoms with Crippen LogP contribution in [0.5, 0.6) is 0 Å². The highest BCUT2D eigenvalue weighted by molar-refractivity contribution is 6.04. The van der Waals surface area contributed by atoms with E-state index in [4.69, 9.17) is 0 Å². The number of halogens is 2. The normalized spacial score (nSPS) is 10.3. The van der Waals surface area contributed by atoms with E-state index in [-0.39, 0.29) is 17.4 Å². The minimum atomic E-state index is -0.420. The molecule has 3 aromatic rings. The second-order valence-corrected chi connectivity index (χ2v) is 4.87. The predicted molar refractivity (Wildman–Crippen MR) is 84.0 cm³/mol. The summed E-state index contributed by atoms with van der Waals surface area (Å²) in [6, 6.07) is 14.8. The van der Waals surface area contributed by atoms with Crippen molar-refractivity contribution in [2.45, 2.75) is 0 Å². The molecule has 114 valence electrons. The van der Waals surface area contributed by atoms with Gasteiger partial charge < -0.3 is 5.32 Å². The summed E-state index contributed by atoms with van der Waals surface area (Å²) in [7, 11) is 0. The molecular formula is C18H12F2N2O. The average Bonchev–Trinajstić information content (AvgIpc) is 2.57. The summed E-state index contributed by atoms with van der Waals surface area (Å²) < 4.78 is 26.5. The first-order valence-electron chi connectivity index (χ1n) is 6.91. The van der Waals surface area contributed by atoms with Crippen LogP contribution in [-0.2, 0) is 0 Å². The van der Waals surface area contributed by atoms with Gasteiger partial charge in [0.05, 0.1) is 0 Å². The number of carbonyl (C=O) groups is 1. The molecule has 1 amide bonds. The second-order valence-electron chi connectivity index (χ2n) is 4.87. The maximum atomic E-state index is 13.7. The van der Waals surface area contributed by atoms with Gasteiger partial charge in [-0.3, -0.25) is 9.78 Å². The molecule has 0 saturated heterocycles. The molecule has 0 aliphatic heterocycles. The van der Waals surface area contributed by atoms with Gasteiger partial charge in [-0.2, -0.15) is 0 Å². The number of anilines is 1. The highest BCUT2D eigenvalue weighted by Crippen LogP contribution is 2.20. The molecule has 0 bridgehead atoms. The van der Waals surface area contributed by atoms with E-state index in [1.54, 1.807) is 24.3 Å². The van der Waals surface area contributed by atoms with Crippen molar-refractivity contribution >= 4 is 11.6 Å². The number of benzene rings is 2. The lowest BCUT2D eigenvalue weighted by Gasteiger charge is -2.06. The fourth-order valence-electron chi connectivity index (χ4n) is 2.11. The van der Waals surface area contributed by atoms with E-state index in [0.29, 0.717) is 16.8 Å². The first-order valence-corrected chi connectivity index (χ1v) is 6.91. The topological polar surface area (TPSA) is 42.0 Å². The van der Waals surface area contributed by atoms with Crippen molar-refractivity contribution < 1.29 is 13.6 Å². The summed E-state index contributed by atoms with van der Waals surface area (Å²) in [5, 5.41) is 2.66. The quantitative estimate of drug-likeness (QED) is 0.784. The van der Waals surface area contributed by atoms with Gasteiger partial charge >= 0.3 is 0 Å². The molecule has 3 nitrogen and oxygen atoms in total. The zero-order chi connectivity index (χ0) is 16.2. The van der Waals surface area contributed by atoms with Gasteiger partial charge in [0.1, 0.15) is 17.3 Å². The fraction of sp³-hybridized carbons (Fsp3) is 0. The third kappa shape index (κ3) is 3.40. The predicted octanol–water partition coefficient (Wildman–Crippen LogP) is 4.28. The van der Waals surface area contributed by atoms with Gasteiger partial charge in [0, 0.05) is 23.0 Å². The van der Waals surface area contributed by atoms with Crippen LogP contribution in [0.4, 0.5) is 14.5 Å². The van der Waals surface area contributed by atoms with Crippen LogP contribution in [0.15, 0.2) is 66.9 Å². The SMILES string of the molecule is O=C(Nc1ccc(F)cc1)c1ccc(-c2ncccc2F)cc1. The van der Waals surface area contributed by atoms with Crippen LogP contribution in [0, 0.1) is 11.6 Å². The van der Waals surface area contributed by atoms with Crippen molar-refractivity contribution in [3.05, 3.63) is 84.1 Å². The monoisotopic (exact) mass is 310 g/mol. The van der Waals surface area contributed by atoms with E-state index in [1.807, 2.05) is 0 Å². The second kappa shape index (κ2) is 6.36. The molecule has 0 fully saturated rings. The molecule has 0 saturated carbocycles. The third-order valence-corrected chi connectivity index (χ3v) is 3.28. The Hall–Kier alpha value is -3.08. The van der Waals surface area contributed by atoms with E-state index < -0.39 is 5.82 Å². The van der Waals surface area contributed by atoms with E-state index in [0.717, 1.165) is 0 Å². The molecule has 2 aromatic carbocycles. The van der Waals surface area contributed by atoms with E-state index >= 15 is 0 Å². The Morgan fingerprint density at radius 3 is 2.26 bits per heavy atom. The van der Waals surface area contributed by atoms with Crippen LogP contribution in [0.3, 0.4) is 0 Å². The van der Waals surface area contributed by atoms with E-state index in [1.165, 1.54) is 42.6 Å². The van der Waals surface area contributed by atoms with Crippen LogP contribution in [0.2, 0.25) is 0 Å². The average molecular weight is 310 g/mol. The van der Waals surface area contributed by atoms with Crippen molar-refractivity contribution in [2.75, 3.05) is 5.32 Å². The fourth-order valence-corrected chi connectivity index (χ4v) is 2.11. The molecule has 1 heterocycles. The lowest BCUT2D eigenvalue weighted by molar-refractivity contribution is 0.102. The Morgan fingerprint density at radius 2 is 1.61 bits per heavy atom. The zero-order valence-electron chi connectivity index (χ0n) is 12.0. The number of hydrogen-bond acceptors (Lipinski definition) is 2. The molecule has 1 aromatic heterocycles. The standard InChI is InChI=1S/C18H12F2N2O/c19-14-7-9-15(10-8-14)22-18(23)13-5-3-12(4-6-13)17-16(20)2-1-11-21-17/h1-11H,(H,22,23). The summed E-state index contributed by atoms with van der Waals surface area (Å²) in [4.78, 5) is 16.1. The minimum absolute atomic E-state index is 0.234. The number of rotatable bonds is 3. The summed E-state index contributed by atoms with van der Waals surface area (Å²) in [6.45, 7) is 0. The summed E-state index contributed by atoms with van der Waals surface area (Å²) in [5.41, 5.74) is 1.73. The van der Waals surface area contributed by atoms with Crippen LogP contribution in [-0.4, -0.2) is 10.9 Å². The number of pyridine rings is 1. The molecule has 0 aliphatic carbocycles. The Balaban J connectivity index is 1.78. The Morgan fingerprint density at radius 1 is 0.913 bits per heavy atom. The smallest absolute Gasteiger partial charge is 0.255 e. The van der Waals surface area contributed by atoms with Crippen molar-refractivity contribution in [1.29, 1.82) is 0 Å². The Kier molecular flexibility index (Phi) is 4.10. The van der Waals surface area contributed by atoms with Crippen molar-refractivity contribution in [1.82, 2.24) is 4.98 Å². The van der Waals surface area contributed by atoms with E-state index in [9.17, 15) is 13.6 Å². The molecule has 0 radical (unpaired) electrons. The zero-order valence-corrected chi connectivity index (χ0v) is 12.0. The highest BCUT2D eigenvalue weighted by Gasteiger charge is 2.09. The number of nitrogens with one attached hydrogen (secondary N) is 1. The van der Waals surface area contributed by atoms with Gasteiger partial charge in [-0.15, -0.1) is 0 Å². The van der Waals surface area contributed by atoms with Gasteiger partial charge in [0.2, 0.25) is 0 Å². The van der Waals surface area contributed by atoms with Crippen molar-refractivity contribution in [3.63, 3.8) is 0 Å². The first-order chi connectivity index (χ1) is 11.1. The minimum Gasteiger partial charge on any atom is -0.322 e. The maximum Gasteiger partial charge on any atom is 0.255 e. The Bertz CT molecular complexity index is 830. The van der Waals surface area contributed by atoms with Gasteiger partial charge in [-0.05, 0) is 48.5 Å². The summed E-state index contributed by atoms with van der Waals surface area (Å²) in [6.07, 6.45) is 1.51. The summed E-state index contributed by atoms with van der Waals surface area (Å²) >= 11 is 0. The number of nitrogens with zero attached hydrogens (tertiary/aromatic N) is 1. The number of amides is 1. The molecule has 0 unspecified atom stereocenters. The van der Waals surface area contributed by atoms with Crippen LogP contribution in [0.25, 0.3) is 11.3 Å². The van der Waals surface area contributed by atoms with Crippen LogP contribution < -0.4 is 5.32 Å².